The third kappa shape index (κ3) is 7.69. The lowest BCUT2D eigenvalue weighted by molar-refractivity contribution is -0.195. The Balaban J connectivity index is 1.78. The molecule has 0 aliphatic heterocycles. The molecule has 3 rings (SSSR count). The van der Waals surface area contributed by atoms with Gasteiger partial charge in [0.1, 0.15) is 12.4 Å². The van der Waals surface area contributed by atoms with Gasteiger partial charge < -0.3 is 14.2 Å². The van der Waals surface area contributed by atoms with E-state index < -0.39 is 11.7 Å². The maximum atomic E-state index is 12.7. The second-order valence-corrected chi connectivity index (χ2v) is 11.0. The molecule has 1 atom stereocenters. The third-order valence-electron chi connectivity index (χ3n) is 6.27. The van der Waals surface area contributed by atoms with Crippen molar-refractivity contribution in [1.29, 1.82) is 0 Å². The molecule has 0 heterocycles. The van der Waals surface area contributed by atoms with Crippen LogP contribution in [0.5, 0.6) is 5.75 Å². The van der Waals surface area contributed by atoms with Crippen LogP contribution >= 0.6 is 0 Å². The summed E-state index contributed by atoms with van der Waals surface area (Å²) in [4.78, 5) is 12.7. The van der Waals surface area contributed by atoms with E-state index in [-0.39, 0.29) is 11.4 Å². The zero-order valence-corrected chi connectivity index (χ0v) is 22.5. The summed E-state index contributed by atoms with van der Waals surface area (Å²) in [6.07, 6.45) is 0.689. The lowest BCUT2D eigenvalue weighted by Gasteiger charge is -2.29. The fraction of sp³-hybridized carbons (Fsp3) is 0.406. The second-order valence-electron chi connectivity index (χ2n) is 11.0. The first-order valence-corrected chi connectivity index (χ1v) is 12.8. The van der Waals surface area contributed by atoms with Crippen molar-refractivity contribution in [2.45, 2.75) is 60.7 Å². The first kappa shape index (κ1) is 27.5. The summed E-state index contributed by atoms with van der Waals surface area (Å²) in [7, 11) is 0. The topological polar surface area (TPSA) is 44.8 Å². The third-order valence-corrected chi connectivity index (χ3v) is 6.27. The van der Waals surface area contributed by atoms with Crippen molar-refractivity contribution in [2.75, 3.05) is 13.2 Å². The fourth-order valence-electron chi connectivity index (χ4n) is 3.76. The average molecular weight is 489 g/mol. The molecule has 0 spiro atoms. The van der Waals surface area contributed by atoms with E-state index >= 15 is 0 Å². The summed E-state index contributed by atoms with van der Waals surface area (Å²) in [6.45, 7) is 12.8. The van der Waals surface area contributed by atoms with E-state index in [4.69, 9.17) is 14.2 Å². The van der Waals surface area contributed by atoms with E-state index in [9.17, 15) is 4.79 Å². The molecule has 0 aliphatic carbocycles. The molecule has 1 unspecified atom stereocenters. The Morgan fingerprint density at radius 2 is 1.28 bits per heavy atom. The van der Waals surface area contributed by atoms with Gasteiger partial charge in [-0.15, -0.1) is 0 Å². The molecule has 3 aromatic carbocycles. The Kier molecular flexibility index (Phi) is 9.33. The molecule has 0 amide bonds. The quantitative estimate of drug-likeness (QED) is 0.155. The lowest BCUT2D eigenvalue weighted by atomic mass is 9.90. The number of benzene rings is 3. The molecular weight excluding hydrogens is 448 g/mol. The first-order valence-electron chi connectivity index (χ1n) is 12.8. The highest BCUT2D eigenvalue weighted by Gasteiger charge is 2.31. The van der Waals surface area contributed by atoms with Crippen LogP contribution in [0.1, 0.15) is 54.4 Å². The van der Waals surface area contributed by atoms with Gasteiger partial charge in [0, 0.05) is 17.5 Å². The minimum Gasteiger partial charge on any atom is -0.490 e. The van der Waals surface area contributed by atoms with Crippen molar-refractivity contribution in [1.82, 2.24) is 0 Å². The smallest absolute Gasteiger partial charge is 0.313 e. The molecule has 0 saturated carbocycles. The van der Waals surface area contributed by atoms with Gasteiger partial charge in [-0.25, -0.2) is 0 Å². The highest BCUT2D eigenvalue weighted by atomic mass is 16.7. The fourth-order valence-corrected chi connectivity index (χ4v) is 3.76. The van der Waals surface area contributed by atoms with Crippen molar-refractivity contribution in [3.8, 4) is 28.0 Å². The predicted molar refractivity (Wildman–Crippen MR) is 147 cm³/mol. The van der Waals surface area contributed by atoms with E-state index in [1.807, 2.05) is 57.2 Å². The minimum absolute atomic E-state index is 0.0530. The van der Waals surface area contributed by atoms with E-state index in [1.54, 1.807) is 0 Å². The highest BCUT2D eigenvalue weighted by Crippen LogP contribution is 2.39. The normalized spacial score (nSPS) is 12.7. The number of hydrogen-bond donors (Lipinski definition) is 0. The largest absolute Gasteiger partial charge is 0.490 e. The Hall–Kier alpha value is -3.11. The Labute approximate surface area is 216 Å². The van der Waals surface area contributed by atoms with Gasteiger partial charge in [0.2, 0.25) is 6.29 Å². The average Bonchev–Trinajstić information content (AvgIpc) is 2.86. The molecule has 0 bridgehead atoms. The Morgan fingerprint density at radius 3 is 1.75 bits per heavy atom. The monoisotopic (exact) mass is 488 g/mol. The van der Waals surface area contributed by atoms with Gasteiger partial charge in [0.15, 0.2) is 0 Å². The second kappa shape index (κ2) is 12.2. The van der Waals surface area contributed by atoms with Crippen LogP contribution in [-0.4, -0.2) is 25.5 Å². The van der Waals surface area contributed by atoms with Crippen LogP contribution in [-0.2, 0) is 14.3 Å². The van der Waals surface area contributed by atoms with Gasteiger partial charge in [-0.05, 0) is 36.8 Å². The van der Waals surface area contributed by atoms with E-state index in [1.165, 1.54) is 0 Å². The molecule has 0 radical (unpaired) electrons. The van der Waals surface area contributed by atoms with Crippen molar-refractivity contribution in [3.63, 3.8) is 0 Å². The summed E-state index contributed by atoms with van der Waals surface area (Å²) in [5.41, 5.74) is 3.64. The number of ether oxygens (including phenoxy) is 3. The van der Waals surface area contributed by atoms with Crippen LogP contribution in [0.25, 0.3) is 22.3 Å². The number of carbonyl (C=O) groups is 1. The van der Waals surface area contributed by atoms with Crippen molar-refractivity contribution in [2.24, 2.45) is 10.8 Å². The van der Waals surface area contributed by atoms with Crippen LogP contribution in [0.3, 0.4) is 0 Å². The summed E-state index contributed by atoms with van der Waals surface area (Å²) in [5.74, 6) is 0.580. The highest BCUT2D eigenvalue weighted by molar-refractivity contribution is 5.82. The van der Waals surface area contributed by atoms with Gasteiger partial charge in [0.25, 0.3) is 0 Å². The number of carbonyl (C=O) groups excluding carboxylic acids is 1. The van der Waals surface area contributed by atoms with Crippen LogP contribution in [0.2, 0.25) is 0 Å². The van der Waals surface area contributed by atoms with Crippen LogP contribution < -0.4 is 4.74 Å². The van der Waals surface area contributed by atoms with Gasteiger partial charge in [-0.3, -0.25) is 4.79 Å². The molecular formula is C32H40O4. The van der Waals surface area contributed by atoms with Crippen molar-refractivity contribution < 1.29 is 19.0 Å². The van der Waals surface area contributed by atoms with Gasteiger partial charge in [-0.1, -0.05) is 107 Å². The van der Waals surface area contributed by atoms with Gasteiger partial charge in [0.05, 0.1) is 12.0 Å². The number of para-hydroxylation sites is 1. The minimum atomic E-state index is -0.620. The first-order chi connectivity index (χ1) is 17.1. The lowest BCUT2D eigenvalue weighted by Crippen LogP contribution is -2.34. The molecule has 0 fully saturated rings. The molecule has 0 N–H and O–H groups in total. The maximum absolute atomic E-state index is 12.7. The molecule has 0 saturated heterocycles. The molecule has 4 heteroatoms. The summed E-state index contributed by atoms with van der Waals surface area (Å²) < 4.78 is 18.3. The van der Waals surface area contributed by atoms with Crippen molar-refractivity contribution >= 4 is 5.97 Å². The summed E-state index contributed by atoms with van der Waals surface area (Å²) in [5, 5.41) is 0. The standard InChI is InChI=1S/C32H40O4/c1-7-32(5,6)30(33)36-28(23-31(2,3)4)34-21-22-35-29-26(24-15-10-8-11-16-24)19-14-20-27(29)25-17-12-9-13-18-25/h8-20,28H,7,21-23H2,1-6H3. The number of esters is 1. The van der Waals surface area contributed by atoms with E-state index in [0.29, 0.717) is 26.1 Å². The molecule has 192 valence electrons. The van der Waals surface area contributed by atoms with Gasteiger partial charge in [-0.2, -0.15) is 0 Å². The predicted octanol–water partition coefficient (Wildman–Crippen LogP) is 8.16. The SMILES string of the molecule is CCC(C)(C)C(=O)OC(CC(C)(C)C)OCCOc1c(-c2ccccc2)cccc1-c1ccccc1. The van der Waals surface area contributed by atoms with Crippen LogP contribution in [0.4, 0.5) is 0 Å². The molecule has 4 nitrogen and oxygen atoms in total. The summed E-state index contributed by atoms with van der Waals surface area (Å²) in [6, 6.07) is 26.7. The molecule has 0 aliphatic rings. The maximum Gasteiger partial charge on any atom is 0.313 e. The number of rotatable bonds is 11. The van der Waals surface area contributed by atoms with Crippen LogP contribution in [0.15, 0.2) is 78.9 Å². The van der Waals surface area contributed by atoms with E-state index in [0.717, 1.165) is 28.0 Å². The Morgan fingerprint density at radius 1 is 0.750 bits per heavy atom. The molecule has 0 aromatic heterocycles. The zero-order chi connectivity index (χ0) is 26.2. The summed E-state index contributed by atoms with van der Waals surface area (Å²) >= 11 is 0. The van der Waals surface area contributed by atoms with Crippen LogP contribution in [0, 0.1) is 10.8 Å². The number of hydrogen-bond acceptors (Lipinski definition) is 4. The van der Waals surface area contributed by atoms with E-state index in [2.05, 4.69) is 63.2 Å². The zero-order valence-electron chi connectivity index (χ0n) is 22.5. The van der Waals surface area contributed by atoms with Crippen molar-refractivity contribution in [3.05, 3.63) is 78.9 Å². The van der Waals surface area contributed by atoms with Gasteiger partial charge >= 0.3 is 5.97 Å². The Bertz CT molecular complexity index is 1040. The molecule has 36 heavy (non-hydrogen) atoms. The molecule has 3 aromatic rings.